The third kappa shape index (κ3) is 4.48. The molecule has 0 aliphatic heterocycles. The summed E-state index contributed by atoms with van der Waals surface area (Å²) in [5.41, 5.74) is 2.80. The molecule has 1 aromatic carbocycles. The number of hydrogen-bond donors (Lipinski definition) is 2. The predicted octanol–water partition coefficient (Wildman–Crippen LogP) is 2.15. The molecule has 0 spiro atoms. The summed E-state index contributed by atoms with van der Waals surface area (Å²) >= 11 is 0. The average molecular weight is 263 g/mol. The van der Waals surface area contributed by atoms with Gasteiger partial charge in [0.25, 0.3) is 0 Å². The second-order valence-electron chi connectivity index (χ2n) is 5.70. The maximum absolute atomic E-state index is 12.0. The van der Waals surface area contributed by atoms with E-state index in [1.54, 1.807) is 0 Å². The number of carboxylic acid groups (broad SMARTS) is 1. The summed E-state index contributed by atoms with van der Waals surface area (Å²) in [7, 11) is 0. The monoisotopic (exact) mass is 263 g/mol. The van der Waals surface area contributed by atoms with Crippen molar-refractivity contribution in [3.8, 4) is 0 Å². The Morgan fingerprint density at radius 3 is 2.32 bits per heavy atom. The Morgan fingerprint density at radius 1 is 1.21 bits per heavy atom. The fourth-order valence-corrected chi connectivity index (χ4v) is 1.82. The van der Waals surface area contributed by atoms with Gasteiger partial charge in [0.15, 0.2) is 5.78 Å². The number of benzene rings is 1. The molecule has 4 nitrogen and oxygen atoms in total. The summed E-state index contributed by atoms with van der Waals surface area (Å²) in [6.45, 7) is 8.11. The SMILES string of the molecule is Cc1cc(C(C)(C)C)ccc1C(=O)CNCC(=O)O. The molecule has 0 radical (unpaired) electrons. The molecule has 0 aromatic heterocycles. The number of carbonyl (C=O) groups excluding carboxylic acids is 1. The molecule has 0 saturated carbocycles. The molecule has 0 aliphatic carbocycles. The van der Waals surface area contributed by atoms with Gasteiger partial charge in [0.2, 0.25) is 0 Å². The van der Waals surface area contributed by atoms with Crippen LogP contribution in [0.2, 0.25) is 0 Å². The van der Waals surface area contributed by atoms with Gasteiger partial charge in [0, 0.05) is 5.56 Å². The van der Waals surface area contributed by atoms with E-state index in [0.717, 1.165) is 5.56 Å². The summed E-state index contributed by atoms with van der Waals surface area (Å²) in [5.74, 6) is -1.05. The highest BCUT2D eigenvalue weighted by atomic mass is 16.4. The van der Waals surface area contributed by atoms with Crippen LogP contribution in [0.3, 0.4) is 0 Å². The molecule has 1 aromatic rings. The van der Waals surface area contributed by atoms with Crippen molar-refractivity contribution >= 4 is 11.8 Å². The lowest BCUT2D eigenvalue weighted by molar-refractivity contribution is -0.135. The fraction of sp³-hybridized carbons (Fsp3) is 0.467. The Labute approximate surface area is 113 Å². The first-order valence-corrected chi connectivity index (χ1v) is 6.28. The molecule has 0 amide bonds. The largest absolute Gasteiger partial charge is 0.480 e. The Balaban J connectivity index is 2.79. The molecule has 0 bridgehead atoms. The van der Waals surface area contributed by atoms with Crippen molar-refractivity contribution in [1.82, 2.24) is 5.32 Å². The summed E-state index contributed by atoms with van der Waals surface area (Å²) < 4.78 is 0. The van der Waals surface area contributed by atoms with Gasteiger partial charge in [-0.25, -0.2) is 0 Å². The maximum Gasteiger partial charge on any atom is 0.317 e. The van der Waals surface area contributed by atoms with Crippen molar-refractivity contribution in [3.05, 3.63) is 34.9 Å². The van der Waals surface area contributed by atoms with Gasteiger partial charge in [-0.1, -0.05) is 39.0 Å². The van der Waals surface area contributed by atoms with E-state index in [4.69, 9.17) is 5.11 Å². The highest BCUT2D eigenvalue weighted by molar-refractivity contribution is 5.99. The van der Waals surface area contributed by atoms with Crippen LogP contribution in [0.5, 0.6) is 0 Å². The molecule has 1 rings (SSSR count). The number of rotatable bonds is 5. The van der Waals surface area contributed by atoms with Crippen molar-refractivity contribution in [2.75, 3.05) is 13.1 Å². The molecule has 0 saturated heterocycles. The Morgan fingerprint density at radius 2 is 1.84 bits per heavy atom. The van der Waals surface area contributed by atoms with Crippen LogP contribution in [0.15, 0.2) is 18.2 Å². The zero-order chi connectivity index (χ0) is 14.6. The van der Waals surface area contributed by atoms with Crippen molar-refractivity contribution in [3.63, 3.8) is 0 Å². The lowest BCUT2D eigenvalue weighted by Crippen LogP contribution is -2.28. The van der Waals surface area contributed by atoms with E-state index in [0.29, 0.717) is 5.56 Å². The zero-order valence-corrected chi connectivity index (χ0v) is 11.9. The number of ketones is 1. The Hall–Kier alpha value is -1.68. The molecule has 0 aliphatic rings. The quantitative estimate of drug-likeness (QED) is 0.799. The Bertz CT molecular complexity index is 487. The van der Waals surface area contributed by atoms with Gasteiger partial charge in [0.1, 0.15) is 0 Å². The molecule has 104 valence electrons. The van der Waals surface area contributed by atoms with Gasteiger partial charge in [-0.2, -0.15) is 0 Å². The third-order valence-electron chi connectivity index (χ3n) is 2.95. The minimum atomic E-state index is -0.965. The summed E-state index contributed by atoms with van der Waals surface area (Å²) in [6.07, 6.45) is 0. The molecule has 19 heavy (non-hydrogen) atoms. The van der Waals surface area contributed by atoms with E-state index in [1.807, 2.05) is 25.1 Å². The van der Waals surface area contributed by atoms with Gasteiger partial charge in [0.05, 0.1) is 13.1 Å². The van der Waals surface area contributed by atoms with Crippen LogP contribution in [0, 0.1) is 6.92 Å². The van der Waals surface area contributed by atoms with Gasteiger partial charge < -0.3 is 5.11 Å². The third-order valence-corrected chi connectivity index (χ3v) is 2.95. The maximum atomic E-state index is 12.0. The normalized spacial score (nSPS) is 11.4. The molecule has 2 N–H and O–H groups in total. The minimum absolute atomic E-state index is 0.0437. The van der Waals surface area contributed by atoms with Crippen LogP contribution < -0.4 is 5.32 Å². The number of aliphatic carboxylic acids is 1. The van der Waals surface area contributed by atoms with Gasteiger partial charge in [-0.05, 0) is 23.5 Å². The van der Waals surface area contributed by atoms with Crippen LogP contribution in [-0.4, -0.2) is 29.9 Å². The molecule has 0 unspecified atom stereocenters. The van der Waals surface area contributed by atoms with Crippen LogP contribution in [0.4, 0.5) is 0 Å². The smallest absolute Gasteiger partial charge is 0.317 e. The zero-order valence-electron chi connectivity index (χ0n) is 11.9. The van der Waals surface area contributed by atoms with Crippen LogP contribution in [-0.2, 0) is 10.2 Å². The highest BCUT2D eigenvalue weighted by Crippen LogP contribution is 2.24. The van der Waals surface area contributed by atoms with Crippen LogP contribution >= 0.6 is 0 Å². The lowest BCUT2D eigenvalue weighted by Gasteiger charge is -2.20. The number of carboxylic acids is 1. The van der Waals surface area contributed by atoms with Crippen molar-refractivity contribution in [2.24, 2.45) is 0 Å². The van der Waals surface area contributed by atoms with E-state index in [1.165, 1.54) is 5.56 Å². The molecular weight excluding hydrogens is 242 g/mol. The van der Waals surface area contributed by atoms with Gasteiger partial charge >= 0.3 is 5.97 Å². The highest BCUT2D eigenvalue weighted by Gasteiger charge is 2.16. The first-order chi connectivity index (χ1) is 8.71. The average Bonchev–Trinajstić information content (AvgIpc) is 2.26. The molecule has 0 atom stereocenters. The van der Waals surface area contributed by atoms with E-state index in [-0.39, 0.29) is 24.3 Å². The number of Topliss-reactive ketones (excluding diaryl/α,β-unsaturated/α-hetero) is 1. The fourth-order valence-electron chi connectivity index (χ4n) is 1.82. The van der Waals surface area contributed by atoms with Crippen LogP contribution in [0.25, 0.3) is 0 Å². The lowest BCUT2D eigenvalue weighted by atomic mass is 9.85. The van der Waals surface area contributed by atoms with E-state index in [9.17, 15) is 9.59 Å². The number of hydrogen-bond acceptors (Lipinski definition) is 3. The molecule has 0 fully saturated rings. The predicted molar refractivity (Wildman–Crippen MR) is 74.7 cm³/mol. The molecular formula is C15H21NO3. The minimum Gasteiger partial charge on any atom is -0.480 e. The molecule has 0 heterocycles. The van der Waals surface area contributed by atoms with Crippen molar-refractivity contribution in [2.45, 2.75) is 33.1 Å². The van der Waals surface area contributed by atoms with E-state index < -0.39 is 5.97 Å². The van der Waals surface area contributed by atoms with E-state index in [2.05, 4.69) is 26.1 Å². The molecule has 4 heteroatoms. The second-order valence-corrected chi connectivity index (χ2v) is 5.70. The van der Waals surface area contributed by atoms with Gasteiger partial charge in [-0.15, -0.1) is 0 Å². The van der Waals surface area contributed by atoms with Gasteiger partial charge in [-0.3, -0.25) is 14.9 Å². The van der Waals surface area contributed by atoms with Crippen molar-refractivity contribution < 1.29 is 14.7 Å². The number of aryl methyl sites for hydroxylation is 1. The number of nitrogens with one attached hydrogen (secondary N) is 1. The second kappa shape index (κ2) is 5.97. The Kier molecular flexibility index (Phi) is 4.84. The van der Waals surface area contributed by atoms with Crippen LogP contribution in [0.1, 0.15) is 42.3 Å². The topological polar surface area (TPSA) is 66.4 Å². The van der Waals surface area contributed by atoms with E-state index >= 15 is 0 Å². The summed E-state index contributed by atoms with van der Waals surface area (Å²) in [4.78, 5) is 22.3. The van der Waals surface area contributed by atoms with Crippen molar-refractivity contribution in [1.29, 1.82) is 0 Å². The first-order valence-electron chi connectivity index (χ1n) is 6.28. The standard InChI is InChI=1S/C15H21NO3/c1-10-7-11(15(2,3)4)5-6-12(10)13(17)8-16-9-14(18)19/h5-7,16H,8-9H2,1-4H3,(H,18,19). The summed E-state index contributed by atoms with van der Waals surface area (Å²) in [5, 5.41) is 11.1. The first kappa shape index (κ1) is 15.4. The summed E-state index contributed by atoms with van der Waals surface area (Å²) in [6, 6.07) is 5.79. The number of carbonyl (C=O) groups is 2.